The van der Waals surface area contributed by atoms with Gasteiger partial charge in [-0.1, -0.05) is 164 Å². The van der Waals surface area contributed by atoms with E-state index in [0.717, 1.165) is 60.5 Å². The van der Waals surface area contributed by atoms with Gasteiger partial charge in [-0.15, -0.1) is 0 Å². The number of nitrogens with zero attached hydrogens (tertiary/aromatic N) is 3. The third-order valence-corrected chi connectivity index (χ3v) is 9.97. The first-order valence-electron chi connectivity index (χ1n) is 17.8. The number of hydrogen-bond donors (Lipinski definition) is 0. The second-order valence-electron chi connectivity index (χ2n) is 13.1. The van der Waals surface area contributed by atoms with Crippen LogP contribution in [0.25, 0.3) is 100 Å². The van der Waals surface area contributed by atoms with Crippen LogP contribution in [0.5, 0.6) is 0 Å². The van der Waals surface area contributed by atoms with E-state index in [9.17, 15) is 0 Å². The van der Waals surface area contributed by atoms with Crippen LogP contribution in [0.3, 0.4) is 0 Å². The van der Waals surface area contributed by atoms with Crippen molar-refractivity contribution < 1.29 is 4.42 Å². The number of benzene rings is 8. The molecule has 10 rings (SSSR count). The number of furan rings is 1. The van der Waals surface area contributed by atoms with Gasteiger partial charge in [0.2, 0.25) is 0 Å². The Bertz CT molecular complexity index is 2940. The first-order chi connectivity index (χ1) is 26.3. The Morgan fingerprint density at radius 3 is 1.53 bits per heavy atom. The van der Waals surface area contributed by atoms with E-state index in [4.69, 9.17) is 19.4 Å². The van der Waals surface area contributed by atoms with E-state index < -0.39 is 0 Å². The van der Waals surface area contributed by atoms with Crippen LogP contribution < -0.4 is 0 Å². The average molecular weight is 678 g/mol. The molecule has 8 aromatic carbocycles. The van der Waals surface area contributed by atoms with Gasteiger partial charge in [0.1, 0.15) is 11.2 Å². The molecule has 4 heteroatoms. The van der Waals surface area contributed by atoms with Crippen molar-refractivity contribution in [3.05, 3.63) is 188 Å². The normalized spacial score (nSPS) is 11.4. The zero-order valence-corrected chi connectivity index (χ0v) is 28.6. The second-order valence-corrected chi connectivity index (χ2v) is 13.1. The molecule has 0 radical (unpaired) electrons. The largest absolute Gasteiger partial charge is 0.456 e. The molecule has 2 heterocycles. The van der Waals surface area contributed by atoms with Crippen molar-refractivity contribution in [2.45, 2.75) is 0 Å². The summed E-state index contributed by atoms with van der Waals surface area (Å²) >= 11 is 0. The highest BCUT2D eigenvalue weighted by Gasteiger charge is 2.19. The van der Waals surface area contributed by atoms with Crippen molar-refractivity contribution >= 4 is 32.7 Å². The van der Waals surface area contributed by atoms with Crippen molar-refractivity contribution in [1.82, 2.24) is 15.0 Å². The fourth-order valence-corrected chi connectivity index (χ4v) is 7.48. The molecule has 0 amide bonds. The van der Waals surface area contributed by atoms with Crippen molar-refractivity contribution in [2.24, 2.45) is 0 Å². The summed E-state index contributed by atoms with van der Waals surface area (Å²) < 4.78 is 6.59. The molecule has 0 atom stereocenters. The van der Waals surface area contributed by atoms with Gasteiger partial charge in [0.05, 0.1) is 0 Å². The SMILES string of the molecule is c1ccc(-c2nc(-c3ccc4c(c3)oc3cccc(-c5ccccc5-c5ccccc5)c34)nc(-c3ccc(-c4ccccc4)c4ccccc34)n2)cc1. The van der Waals surface area contributed by atoms with E-state index >= 15 is 0 Å². The van der Waals surface area contributed by atoms with Crippen LogP contribution in [0.15, 0.2) is 192 Å². The van der Waals surface area contributed by atoms with Crippen molar-refractivity contribution in [1.29, 1.82) is 0 Å². The standard InChI is InChI=1S/C49H31N3O/c1-4-15-32(16-5-1)36-21-10-11-23-39(36)41-25-14-26-44-46(41)43-28-27-35(31-45(43)53-44)48-50-47(34-19-8-3-9-20-34)51-49(52-48)42-30-29-37(33-17-6-2-7-18-33)38-22-12-13-24-40(38)42/h1-31H. The summed E-state index contributed by atoms with van der Waals surface area (Å²) in [5.74, 6) is 1.82. The minimum Gasteiger partial charge on any atom is -0.456 e. The molecule has 0 unspecified atom stereocenters. The van der Waals surface area contributed by atoms with Crippen molar-refractivity contribution in [2.75, 3.05) is 0 Å². The molecule has 0 N–H and O–H groups in total. The third kappa shape index (κ3) is 5.45. The van der Waals surface area contributed by atoms with Gasteiger partial charge in [-0.2, -0.15) is 0 Å². The number of rotatable bonds is 6. The van der Waals surface area contributed by atoms with E-state index in [1.807, 2.05) is 42.5 Å². The zero-order valence-electron chi connectivity index (χ0n) is 28.6. The van der Waals surface area contributed by atoms with Crippen LogP contribution in [0.2, 0.25) is 0 Å². The molecule has 53 heavy (non-hydrogen) atoms. The summed E-state index contributed by atoms with van der Waals surface area (Å²) in [4.78, 5) is 15.3. The molecule has 0 fully saturated rings. The van der Waals surface area contributed by atoms with Gasteiger partial charge in [0.15, 0.2) is 17.5 Å². The Morgan fingerprint density at radius 2 is 0.811 bits per heavy atom. The molecule has 0 aliphatic heterocycles. The monoisotopic (exact) mass is 677 g/mol. The summed E-state index contributed by atoms with van der Waals surface area (Å²) in [7, 11) is 0. The fourth-order valence-electron chi connectivity index (χ4n) is 7.48. The van der Waals surface area contributed by atoms with Crippen LogP contribution >= 0.6 is 0 Å². The van der Waals surface area contributed by atoms with Gasteiger partial charge < -0.3 is 4.42 Å². The smallest absolute Gasteiger partial charge is 0.164 e. The number of hydrogen-bond acceptors (Lipinski definition) is 4. The quantitative estimate of drug-likeness (QED) is 0.176. The molecular weight excluding hydrogens is 647 g/mol. The lowest BCUT2D eigenvalue weighted by atomic mass is 9.92. The van der Waals surface area contributed by atoms with Crippen LogP contribution in [0, 0.1) is 0 Å². The van der Waals surface area contributed by atoms with E-state index in [1.54, 1.807) is 0 Å². The molecule has 2 aromatic heterocycles. The number of fused-ring (bicyclic) bond motifs is 4. The first kappa shape index (κ1) is 30.6. The Hall–Kier alpha value is -7.17. The van der Waals surface area contributed by atoms with Crippen molar-refractivity contribution in [3.63, 3.8) is 0 Å². The summed E-state index contributed by atoms with van der Waals surface area (Å²) in [5.41, 5.74) is 11.3. The Kier molecular flexibility index (Phi) is 7.43. The molecule has 10 aromatic rings. The molecule has 4 nitrogen and oxygen atoms in total. The zero-order chi connectivity index (χ0) is 35.1. The predicted octanol–water partition coefficient (Wildman–Crippen LogP) is 12.9. The summed E-state index contributed by atoms with van der Waals surface area (Å²) in [6.07, 6.45) is 0. The minimum atomic E-state index is 0.585. The van der Waals surface area contributed by atoms with Gasteiger partial charge in [-0.25, -0.2) is 15.0 Å². The maximum atomic E-state index is 6.59. The number of aromatic nitrogens is 3. The average Bonchev–Trinajstić information content (AvgIpc) is 3.62. The molecule has 0 aliphatic carbocycles. The van der Waals surface area contributed by atoms with Crippen LogP contribution in [0.1, 0.15) is 0 Å². The molecular formula is C49H31N3O. The van der Waals surface area contributed by atoms with Crippen LogP contribution in [-0.4, -0.2) is 15.0 Å². The van der Waals surface area contributed by atoms with Crippen LogP contribution in [0.4, 0.5) is 0 Å². The lowest BCUT2D eigenvalue weighted by Crippen LogP contribution is -2.00. The maximum Gasteiger partial charge on any atom is 0.164 e. The summed E-state index contributed by atoms with van der Waals surface area (Å²) in [6.45, 7) is 0. The Balaban J connectivity index is 1.14. The van der Waals surface area contributed by atoms with Gasteiger partial charge in [0, 0.05) is 27.5 Å². The minimum absolute atomic E-state index is 0.585. The highest BCUT2D eigenvalue weighted by atomic mass is 16.3. The predicted molar refractivity (Wildman–Crippen MR) is 217 cm³/mol. The second kappa shape index (κ2) is 12.9. The topological polar surface area (TPSA) is 51.8 Å². The van der Waals surface area contributed by atoms with E-state index in [1.165, 1.54) is 22.3 Å². The summed E-state index contributed by atoms with van der Waals surface area (Å²) in [5, 5.41) is 4.36. The highest BCUT2D eigenvalue weighted by molar-refractivity contribution is 6.14. The van der Waals surface area contributed by atoms with E-state index in [0.29, 0.717) is 17.5 Å². The lowest BCUT2D eigenvalue weighted by Gasteiger charge is -2.13. The first-order valence-corrected chi connectivity index (χ1v) is 17.8. The molecule has 0 aliphatic rings. The molecule has 0 bridgehead atoms. The van der Waals surface area contributed by atoms with E-state index in [-0.39, 0.29) is 0 Å². The lowest BCUT2D eigenvalue weighted by molar-refractivity contribution is 0.669. The van der Waals surface area contributed by atoms with Gasteiger partial charge >= 0.3 is 0 Å². The molecule has 0 saturated heterocycles. The summed E-state index contributed by atoms with van der Waals surface area (Å²) in [6, 6.07) is 65.1. The van der Waals surface area contributed by atoms with Gasteiger partial charge in [0.25, 0.3) is 0 Å². The Morgan fingerprint density at radius 1 is 0.283 bits per heavy atom. The van der Waals surface area contributed by atoms with Crippen LogP contribution in [-0.2, 0) is 0 Å². The fraction of sp³-hybridized carbons (Fsp3) is 0. The van der Waals surface area contributed by atoms with Gasteiger partial charge in [-0.3, -0.25) is 0 Å². The molecule has 0 saturated carbocycles. The molecule has 248 valence electrons. The highest BCUT2D eigenvalue weighted by Crippen LogP contribution is 2.42. The third-order valence-electron chi connectivity index (χ3n) is 9.97. The van der Waals surface area contributed by atoms with E-state index in [2.05, 4.69) is 146 Å². The van der Waals surface area contributed by atoms with Crippen molar-refractivity contribution in [3.8, 4) is 67.5 Å². The van der Waals surface area contributed by atoms with Gasteiger partial charge in [-0.05, 0) is 68.4 Å². The Labute approximate surface area is 306 Å². The molecule has 0 spiro atoms. The maximum absolute atomic E-state index is 6.59.